The zero-order valence-electron chi connectivity index (χ0n) is 10.3. The number of fused-ring (bicyclic) bond motifs is 1. The largest absolute Gasteiger partial charge is 0.314 e. The number of hydrogen-bond acceptors (Lipinski definition) is 4. The Bertz CT molecular complexity index is 554. The van der Waals surface area contributed by atoms with Crippen molar-refractivity contribution in [1.29, 1.82) is 0 Å². The number of rotatable bonds is 2. The highest BCUT2D eigenvalue weighted by molar-refractivity contribution is 7.18. The third-order valence-corrected chi connectivity index (χ3v) is 4.37. The number of nitrogens with one attached hydrogen (secondary N) is 1. The van der Waals surface area contributed by atoms with Crippen LogP contribution < -0.4 is 5.32 Å². The molecule has 96 valence electrons. The van der Waals surface area contributed by atoms with Gasteiger partial charge in [-0.15, -0.1) is 11.3 Å². The minimum Gasteiger partial charge on any atom is -0.314 e. The first-order valence-electron chi connectivity index (χ1n) is 6.22. The van der Waals surface area contributed by atoms with E-state index in [0.717, 1.165) is 41.4 Å². The van der Waals surface area contributed by atoms with Crippen LogP contribution in [0.1, 0.15) is 11.9 Å². The van der Waals surface area contributed by atoms with Gasteiger partial charge in [-0.05, 0) is 25.1 Å². The average Bonchev–Trinajstić information content (AvgIpc) is 2.73. The number of thiazole rings is 1. The first-order chi connectivity index (χ1) is 8.72. The highest BCUT2D eigenvalue weighted by Crippen LogP contribution is 2.24. The molecule has 1 aliphatic rings. The Morgan fingerprint density at radius 3 is 3.28 bits per heavy atom. The first kappa shape index (κ1) is 12.0. The minimum atomic E-state index is -0.187. The summed E-state index contributed by atoms with van der Waals surface area (Å²) in [6.45, 7) is 6.19. The van der Waals surface area contributed by atoms with Crippen molar-refractivity contribution in [3.05, 3.63) is 29.0 Å². The summed E-state index contributed by atoms with van der Waals surface area (Å²) in [4.78, 5) is 6.99. The SMILES string of the molecule is C[C@@H]1CNCCN1Cc1nc2ccc(F)cc2s1. The van der Waals surface area contributed by atoms with E-state index in [1.165, 1.54) is 6.07 Å². The molecule has 3 rings (SSSR count). The van der Waals surface area contributed by atoms with Crippen molar-refractivity contribution in [3.8, 4) is 0 Å². The molecule has 1 aliphatic heterocycles. The summed E-state index contributed by atoms with van der Waals surface area (Å²) in [6, 6.07) is 5.32. The number of benzene rings is 1. The van der Waals surface area contributed by atoms with Gasteiger partial charge in [0, 0.05) is 25.7 Å². The van der Waals surface area contributed by atoms with E-state index in [-0.39, 0.29) is 5.82 Å². The zero-order chi connectivity index (χ0) is 12.5. The number of hydrogen-bond donors (Lipinski definition) is 1. The van der Waals surface area contributed by atoms with Gasteiger partial charge < -0.3 is 5.32 Å². The van der Waals surface area contributed by atoms with E-state index in [0.29, 0.717) is 6.04 Å². The monoisotopic (exact) mass is 265 g/mol. The molecule has 1 atom stereocenters. The topological polar surface area (TPSA) is 28.2 Å². The molecule has 1 N–H and O–H groups in total. The van der Waals surface area contributed by atoms with Gasteiger partial charge in [0.2, 0.25) is 0 Å². The lowest BCUT2D eigenvalue weighted by Gasteiger charge is -2.33. The summed E-state index contributed by atoms with van der Waals surface area (Å²) in [5.74, 6) is -0.187. The molecule has 1 aromatic heterocycles. The molecule has 0 aliphatic carbocycles. The minimum absolute atomic E-state index is 0.187. The van der Waals surface area contributed by atoms with E-state index in [2.05, 4.69) is 22.1 Å². The van der Waals surface area contributed by atoms with Crippen LogP contribution in [0.2, 0.25) is 0 Å². The van der Waals surface area contributed by atoms with Crippen LogP contribution in [0.3, 0.4) is 0 Å². The standard InChI is InChI=1S/C13H16FN3S/c1-9-7-15-4-5-17(9)8-13-16-11-3-2-10(14)6-12(11)18-13/h2-3,6,9,15H,4-5,7-8H2,1H3/t9-/m1/s1. The molecule has 1 aromatic carbocycles. The van der Waals surface area contributed by atoms with E-state index in [1.807, 2.05) is 0 Å². The summed E-state index contributed by atoms with van der Waals surface area (Å²) in [7, 11) is 0. The second kappa shape index (κ2) is 4.91. The molecule has 0 bridgehead atoms. The van der Waals surface area contributed by atoms with Gasteiger partial charge in [-0.1, -0.05) is 0 Å². The highest BCUT2D eigenvalue weighted by atomic mass is 32.1. The maximum Gasteiger partial charge on any atom is 0.124 e. The third-order valence-electron chi connectivity index (χ3n) is 3.37. The van der Waals surface area contributed by atoms with E-state index < -0.39 is 0 Å². The van der Waals surface area contributed by atoms with Crippen LogP contribution in [0.15, 0.2) is 18.2 Å². The van der Waals surface area contributed by atoms with Gasteiger partial charge >= 0.3 is 0 Å². The number of nitrogens with zero attached hydrogens (tertiary/aromatic N) is 2. The number of aromatic nitrogens is 1. The van der Waals surface area contributed by atoms with Crippen LogP contribution >= 0.6 is 11.3 Å². The lowest BCUT2D eigenvalue weighted by molar-refractivity contribution is 0.165. The van der Waals surface area contributed by atoms with Gasteiger partial charge in [0.25, 0.3) is 0 Å². The Morgan fingerprint density at radius 2 is 2.44 bits per heavy atom. The fraction of sp³-hybridized carbons (Fsp3) is 0.462. The quantitative estimate of drug-likeness (QED) is 0.902. The molecule has 18 heavy (non-hydrogen) atoms. The van der Waals surface area contributed by atoms with Crippen LogP contribution in [0.25, 0.3) is 10.2 Å². The maximum atomic E-state index is 13.1. The van der Waals surface area contributed by atoms with Gasteiger partial charge in [-0.2, -0.15) is 0 Å². The molecule has 2 aromatic rings. The van der Waals surface area contributed by atoms with Gasteiger partial charge in [0.1, 0.15) is 10.8 Å². The zero-order valence-corrected chi connectivity index (χ0v) is 11.1. The molecule has 2 heterocycles. The Labute approximate surface area is 110 Å². The molecule has 0 amide bonds. The van der Waals surface area contributed by atoms with E-state index in [9.17, 15) is 4.39 Å². The molecule has 1 saturated heterocycles. The molecule has 0 spiro atoms. The second-order valence-corrected chi connectivity index (χ2v) is 5.86. The van der Waals surface area contributed by atoms with Crippen LogP contribution in [0, 0.1) is 5.82 Å². The lowest BCUT2D eigenvalue weighted by atomic mass is 10.2. The molecule has 0 saturated carbocycles. The summed E-state index contributed by atoms with van der Waals surface area (Å²) in [5, 5.41) is 4.45. The van der Waals surface area contributed by atoms with Crippen molar-refractivity contribution in [3.63, 3.8) is 0 Å². The van der Waals surface area contributed by atoms with Crippen LogP contribution in [0.4, 0.5) is 4.39 Å². The fourth-order valence-electron chi connectivity index (χ4n) is 2.31. The van der Waals surface area contributed by atoms with Crippen molar-refractivity contribution in [2.24, 2.45) is 0 Å². The highest BCUT2D eigenvalue weighted by Gasteiger charge is 2.19. The van der Waals surface area contributed by atoms with Gasteiger partial charge in [0.05, 0.1) is 16.8 Å². The summed E-state index contributed by atoms with van der Waals surface area (Å²) >= 11 is 1.59. The van der Waals surface area contributed by atoms with Crippen LogP contribution in [0.5, 0.6) is 0 Å². The molecule has 0 radical (unpaired) electrons. The van der Waals surface area contributed by atoms with Crippen molar-refractivity contribution in [2.75, 3.05) is 19.6 Å². The first-order valence-corrected chi connectivity index (χ1v) is 7.04. The Balaban J connectivity index is 1.81. The lowest BCUT2D eigenvalue weighted by Crippen LogP contribution is -2.49. The predicted octanol–water partition coefficient (Wildman–Crippen LogP) is 2.23. The Kier molecular flexibility index (Phi) is 3.28. The van der Waals surface area contributed by atoms with Gasteiger partial charge in [-0.25, -0.2) is 9.37 Å². The van der Waals surface area contributed by atoms with Crippen molar-refractivity contribution < 1.29 is 4.39 Å². The average molecular weight is 265 g/mol. The number of piperazine rings is 1. The normalized spacial score (nSPS) is 21.6. The summed E-state index contributed by atoms with van der Waals surface area (Å²) in [5.41, 5.74) is 0.902. The van der Waals surface area contributed by atoms with Crippen molar-refractivity contribution in [1.82, 2.24) is 15.2 Å². The summed E-state index contributed by atoms with van der Waals surface area (Å²) < 4.78 is 14.1. The molecular weight excluding hydrogens is 249 g/mol. The summed E-state index contributed by atoms with van der Waals surface area (Å²) in [6.07, 6.45) is 0. The molecule has 3 nitrogen and oxygen atoms in total. The number of halogens is 1. The van der Waals surface area contributed by atoms with Crippen LogP contribution in [-0.2, 0) is 6.54 Å². The predicted molar refractivity (Wildman–Crippen MR) is 72.3 cm³/mol. The maximum absolute atomic E-state index is 13.1. The molecular formula is C13H16FN3S. The fourth-order valence-corrected chi connectivity index (χ4v) is 3.32. The van der Waals surface area contributed by atoms with Crippen LogP contribution in [-0.4, -0.2) is 35.6 Å². The molecule has 1 fully saturated rings. The Hall–Kier alpha value is -1.04. The Morgan fingerprint density at radius 1 is 1.56 bits per heavy atom. The van der Waals surface area contributed by atoms with Gasteiger partial charge in [-0.3, -0.25) is 4.90 Å². The smallest absolute Gasteiger partial charge is 0.124 e. The molecule has 0 unspecified atom stereocenters. The second-order valence-electron chi connectivity index (χ2n) is 4.74. The van der Waals surface area contributed by atoms with Crippen molar-refractivity contribution in [2.45, 2.75) is 19.5 Å². The van der Waals surface area contributed by atoms with E-state index in [1.54, 1.807) is 23.5 Å². The van der Waals surface area contributed by atoms with E-state index in [4.69, 9.17) is 0 Å². The van der Waals surface area contributed by atoms with Crippen molar-refractivity contribution >= 4 is 21.6 Å². The molecule has 5 heteroatoms. The van der Waals surface area contributed by atoms with E-state index >= 15 is 0 Å². The third kappa shape index (κ3) is 2.39. The van der Waals surface area contributed by atoms with Gasteiger partial charge in [0.15, 0.2) is 0 Å².